The Kier molecular flexibility index (Phi) is 3.95. The fourth-order valence-electron chi connectivity index (χ4n) is 2.67. The molecule has 1 aliphatic rings. The fraction of sp³-hybridized carbons (Fsp3) is 0.500. The smallest absolute Gasteiger partial charge is 0.255 e. The third-order valence-electron chi connectivity index (χ3n) is 3.65. The average Bonchev–Trinajstić information content (AvgIpc) is 2.32. The Bertz CT molecular complexity index is 451. The Hall–Kier alpha value is -1.03. The Balaban J connectivity index is 2.32. The Morgan fingerprint density at radius 3 is 2.56 bits per heavy atom. The molecule has 3 nitrogen and oxygen atoms in total. The minimum Gasteiger partial charge on any atom is -0.399 e. The van der Waals surface area contributed by atoms with E-state index in [-0.39, 0.29) is 5.91 Å². The first-order valence-corrected chi connectivity index (χ1v) is 7.17. The average molecular weight is 311 g/mol. The van der Waals surface area contributed by atoms with Gasteiger partial charge in [-0.1, -0.05) is 0 Å². The Morgan fingerprint density at radius 1 is 1.33 bits per heavy atom. The Morgan fingerprint density at radius 2 is 1.94 bits per heavy atom. The van der Waals surface area contributed by atoms with Gasteiger partial charge in [0.1, 0.15) is 0 Å². The van der Waals surface area contributed by atoms with Crippen LogP contribution in [0.15, 0.2) is 22.7 Å². The lowest BCUT2D eigenvalue weighted by atomic mass is 9.96. The third kappa shape index (κ3) is 2.53. The van der Waals surface area contributed by atoms with Gasteiger partial charge in [-0.3, -0.25) is 4.79 Å². The van der Waals surface area contributed by atoms with Gasteiger partial charge in [0, 0.05) is 22.2 Å². The second-order valence-corrected chi connectivity index (χ2v) is 5.93. The number of nitrogens with two attached hydrogens (primary N) is 1. The number of nitrogens with zero attached hydrogens (tertiary/aromatic N) is 1. The summed E-state index contributed by atoms with van der Waals surface area (Å²) in [6.07, 6.45) is 3.36. The van der Waals surface area contributed by atoms with Gasteiger partial charge in [-0.25, -0.2) is 0 Å². The van der Waals surface area contributed by atoms with Crippen LogP contribution in [0.5, 0.6) is 0 Å². The minimum absolute atomic E-state index is 0.0777. The van der Waals surface area contributed by atoms with Crippen molar-refractivity contribution in [1.29, 1.82) is 0 Å². The van der Waals surface area contributed by atoms with Crippen molar-refractivity contribution in [2.24, 2.45) is 0 Å². The second-order valence-electron chi connectivity index (χ2n) is 5.08. The highest BCUT2D eigenvalue weighted by molar-refractivity contribution is 9.10. The van der Waals surface area contributed by atoms with Crippen LogP contribution < -0.4 is 5.73 Å². The maximum atomic E-state index is 12.6. The van der Waals surface area contributed by atoms with Crippen LogP contribution in [0.3, 0.4) is 0 Å². The first-order chi connectivity index (χ1) is 8.50. The molecule has 2 atom stereocenters. The molecule has 1 aliphatic heterocycles. The maximum absolute atomic E-state index is 12.6. The number of nitrogen functional groups attached to an aromatic ring is 1. The zero-order valence-corrected chi connectivity index (χ0v) is 12.4. The highest BCUT2D eigenvalue weighted by atomic mass is 79.9. The van der Waals surface area contributed by atoms with Crippen molar-refractivity contribution < 1.29 is 4.79 Å². The number of hydrogen-bond acceptors (Lipinski definition) is 2. The topological polar surface area (TPSA) is 46.3 Å². The molecule has 1 heterocycles. The molecule has 1 fully saturated rings. The van der Waals surface area contributed by atoms with Crippen LogP contribution in [-0.4, -0.2) is 22.9 Å². The summed E-state index contributed by atoms with van der Waals surface area (Å²) in [4.78, 5) is 14.6. The molecule has 1 saturated heterocycles. The van der Waals surface area contributed by atoms with Crippen molar-refractivity contribution >= 4 is 27.5 Å². The van der Waals surface area contributed by atoms with Gasteiger partial charge in [-0.15, -0.1) is 0 Å². The molecule has 4 heteroatoms. The SMILES string of the molecule is CC1CCCC(C)N1C(=O)c1cc(N)ccc1Br. The molecule has 1 aromatic carbocycles. The van der Waals surface area contributed by atoms with Gasteiger partial charge < -0.3 is 10.6 Å². The zero-order valence-electron chi connectivity index (χ0n) is 10.8. The molecule has 1 amide bonds. The zero-order chi connectivity index (χ0) is 13.3. The highest BCUT2D eigenvalue weighted by Gasteiger charge is 2.30. The van der Waals surface area contributed by atoms with E-state index in [9.17, 15) is 4.79 Å². The van der Waals surface area contributed by atoms with Crippen molar-refractivity contribution in [1.82, 2.24) is 4.90 Å². The molecule has 0 aromatic heterocycles. The maximum Gasteiger partial charge on any atom is 0.255 e. The number of rotatable bonds is 1. The molecule has 0 aliphatic carbocycles. The molecule has 2 N–H and O–H groups in total. The van der Waals surface area contributed by atoms with Gasteiger partial charge in [-0.05, 0) is 67.2 Å². The van der Waals surface area contributed by atoms with Crippen molar-refractivity contribution in [3.05, 3.63) is 28.2 Å². The van der Waals surface area contributed by atoms with Gasteiger partial charge >= 0.3 is 0 Å². The number of halogens is 1. The van der Waals surface area contributed by atoms with E-state index in [0.29, 0.717) is 23.3 Å². The summed E-state index contributed by atoms with van der Waals surface area (Å²) >= 11 is 3.43. The number of carbonyl (C=O) groups excluding carboxylic acids is 1. The number of amides is 1. The summed E-state index contributed by atoms with van der Waals surface area (Å²) in [7, 11) is 0. The monoisotopic (exact) mass is 310 g/mol. The standard InChI is InChI=1S/C14H19BrN2O/c1-9-4-3-5-10(2)17(9)14(18)12-8-11(16)6-7-13(12)15/h6-10H,3-5,16H2,1-2H3. The highest BCUT2D eigenvalue weighted by Crippen LogP contribution is 2.28. The molecular formula is C14H19BrN2O. The molecule has 2 unspecified atom stereocenters. The summed E-state index contributed by atoms with van der Waals surface area (Å²) in [5.74, 6) is 0.0777. The van der Waals surface area contributed by atoms with E-state index >= 15 is 0 Å². The molecule has 2 rings (SSSR count). The number of piperidine rings is 1. The Labute approximate surface area is 116 Å². The molecule has 18 heavy (non-hydrogen) atoms. The van der Waals surface area contributed by atoms with Crippen LogP contribution in [0.2, 0.25) is 0 Å². The van der Waals surface area contributed by atoms with Crippen LogP contribution in [0, 0.1) is 0 Å². The van der Waals surface area contributed by atoms with E-state index in [1.165, 1.54) is 6.42 Å². The van der Waals surface area contributed by atoms with Crippen molar-refractivity contribution in [3.63, 3.8) is 0 Å². The largest absolute Gasteiger partial charge is 0.399 e. The van der Waals surface area contributed by atoms with E-state index in [1.54, 1.807) is 12.1 Å². The van der Waals surface area contributed by atoms with E-state index in [4.69, 9.17) is 5.73 Å². The van der Waals surface area contributed by atoms with Crippen molar-refractivity contribution in [3.8, 4) is 0 Å². The first kappa shape index (κ1) is 13.4. The lowest BCUT2D eigenvalue weighted by Crippen LogP contribution is -2.47. The minimum atomic E-state index is 0.0777. The predicted molar refractivity (Wildman–Crippen MR) is 77.5 cm³/mol. The second kappa shape index (κ2) is 5.31. The third-order valence-corrected chi connectivity index (χ3v) is 4.34. The van der Waals surface area contributed by atoms with Crippen LogP contribution in [0.25, 0.3) is 0 Å². The van der Waals surface area contributed by atoms with Crippen molar-refractivity contribution in [2.45, 2.75) is 45.2 Å². The summed E-state index contributed by atoms with van der Waals surface area (Å²) in [6.45, 7) is 4.24. The summed E-state index contributed by atoms with van der Waals surface area (Å²) in [5.41, 5.74) is 7.06. The van der Waals surface area contributed by atoms with Crippen LogP contribution in [0.4, 0.5) is 5.69 Å². The number of carbonyl (C=O) groups is 1. The van der Waals surface area contributed by atoms with Gasteiger partial charge in [0.05, 0.1) is 5.56 Å². The summed E-state index contributed by atoms with van der Waals surface area (Å²) < 4.78 is 0.812. The summed E-state index contributed by atoms with van der Waals surface area (Å²) in [6, 6.07) is 5.98. The predicted octanol–water partition coefficient (Wildman–Crippen LogP) is 3.43. The molecule has 1 aromatic rings. The van der Waals surface area contributed by atoms with E-state index in [1.807, 2.05) is 11.0 Å². The molecule has 98 valence electrons. The normalized spacial score (nSPS) is 24.1. The number of likely N-dealkylation sites (tertiary alicyclic amines) is 1. The number of hydrogen-bond donors (Lipinski definition) is 1. The van der Waals surface area contributed by atoms with Gasteiger partial charge in [-0.2, -0.15) is 0 Å². The molecule has 0 saturated carbocycles. The molecule has 0 radical (unpaired) electrons. The van der Waals surface area contributed by atoms with Crippen LogP contribution >= 0.6 is 15.9 Å². The van der Waals surface area contributed by atoms with Crippen LogP contribution in [-0.2, 0) is 0 Å². The first-order valence-electron chi connectivity index (χ1n) is 6.38. The van der Waals surface area contributed by atoms with Gasteiger partial charge in [0.2, 0.25) is 0 Å². The van der Waals surface area contributed by atoms with E-state index < -0.39 is 0 Å². The fourth-order valence-corrected chi connectivity index (χ4v) is 3.08. The quantitative estimate of drug-likeness (QED) is 0.808. The van der Waals surface area contributed by atoms with Gasteiger partial charge in [0.25, 0.3) is 5.91 Å². The molecule has 0 spiro atoms. The molecular weight excluding hydrogens is 292 g/mol. The van der Waals surface area contributed by atoms with Crippen LogP contribution in [0.1, 0.15) is 43.5 Å². The number of benzene rings is 1. The number of anilines is 1. The van der Waals surface area contributed by atoms with E-state index in [0.717, 1.165) is 17.3 Å². The lowest BCUT2D eigenvalue weighted by molar-refractivity contribution is 0.0510. The molecule has 0 bridgehead atoms. The van der Waals surface area contributed by atoms with Crippen molar-refractivity contribution in [2.75, 3.05) is 5.73 Å². The lowest BCUT2D eigenvalue weighted by Gasteiger charge is -2.39. The summed E-state index contributed by atoms with van der Waals surface area (Å²) in [5, 5.41) is 0. The van der Waals surface area contributed by atoms with E-state index in [2.05, 4.69) is 29.8 Å². The van der Waals surface area contributed by atoms with Gasteiger partial charge in [0.15, 0.2) is 0 Å².